The van der Waals surface area contributed by atoms with Crippen LogP contribution in [0.4, 0.5) is 0 Å². The van der Waals surface area contributed by atoms with Crippen LogP contribution in [0.2, 0.25) is 0 Å². The highest BCUT2D eigenvalue weighted by Crippen LogP contribution is 2.21. The maximum atomic E-state index is 12.7. The van der Waals surface area contributed by atoms with Crippen LogP contribution in [0, 0.1) is 0 Å². The lowest BCUT2D eigenvalue weighted by Gasteiger charge is -2.34. The molecule has 1 aliphatic heterocycles. The first-order valence-corrected chi connectivity index (χ1v) is 10.5. The van der Waals surface area contributed by atoms with Crippen molar-refractivity contribution in [1.29, 1.82) is 0 Å². The first-order chi connectivity index (χ1) is 12.8. The van der Waals surface area contributed by atoms with E-state index < -0.39 is 0 Å². The Morgan fingerprint density at radius 1 is 1.30 bits per heavy atom. The fraction of sp³-hybridized carbons (Fsp3) is 0.500. The number of aromatic nitrogens is 1. The van der Waals surface area contributed by atoms with Gasteiger partial charge in [-0.25, -0.2) is 4.98 Å². The molecule has 1 saturated heterocycles. The van der Waals surface area contributed by atoms with Crippen LogP contribution in [0.15, 0.2) is 41.0 Å². The molecule has 2 aromatic rings. The molecule has 0 unspecified atom stereocenters. The number of piperidine rings is 1. The smallest absolute Gasteiger partial charge is 0.232 e. The molecule has 27 heavy (non-hydrogen) atoms. The first-order valence-electron chi connectivity index (χ1n) is 9.35. The van der Waals surface area contributed by atoms with E-state index in [4.69, 9.17) is 4.42 Å². The van der Waals surface area contributed by atoms with Crippen LogP contribution in [-0.2, 0) is 10.5 Å². The number of hydrogen-bond donors (Lipinski definition) is 1. The molecule has 1 N–H and O–H groups in total. The molecule has 0 aliphatic carbocycles. The number of nitrogens with zero attached hydrogens (tertiary/aromatic N) is 2. The highest BCUT2D eigenvalue weighted by atomic mass is 35.5. The van der Waals surface area contributed by atoms with E-state index in [0.29, 0.717) is 23.4 Å². The van der Waals surface area contributed by atoms with Crippen LogP contribution in [0.1, 0.15) is 31.9 Å². The van der Waals surface area contributed by atoms with E-state index in [1.54, 1.807) is 18.0 Å². The largest absolute Gasteiger partial charge is 0.444 e. The number of halogens is 1. The Hall–Kier alpha value is -1.50. The zero-order valence-electron chi connectivity index (χ0n) is 15.7. The van der Waals surface area contributed by atoms with E-state index in [0.717, 1.165) is 50.2 Å². The summed E-state index contributed by atoms with van der Waals surface area (Å²) in [5, 5.41) is 3.37. The number of amides is 1. The highest BCUT2D eigenvalue weighted by molar-refractivity contribution is 7.99. The average molecular weight is 410 g/mol. The number of oxazole rings is 1. The Labute approximate surface area is 171 Å². The molecule has 0 bridgehead atoms. The van der Waals surface area contributed by atoms with Gasteiger partial charge in [0.15, 0.2) is 0 Å². The lowest BCUT2D eigenvalue weighted by Crippen LogP contribution is -2.47. The van der Waals surface area contributed by atoms with Gasteiger partial charge in [-0.2, -0.15) is 0 Å². The maximum Gasteiger partial charge on any atom is 0.232 e. The molecule has 0 atom stereocenters. The summed E-state index contributed by atoms with van der Waals surface area (Å²) in [5.41, 5.74) is 1.85. The topological polar surface area (TPSA) is 58.4 Å². The van der Waals surface area contributed by atoms with Crippen molar-refractivity contribution in [2.75, 3.05) is 25.4 Å². The van der Waals surface area contributed by atoms with E-state index in [-0.39, 0.29) is 18.3 Å². The van der Waals surface area contributed by atoms with Crippen LogP contribution in [-0.4, -0.2) is 47.2 Å². The Kier molecular flexibility index (Phi) is 9.18. The molecule has 7 heteroatoms. The van der Waals surface area contributed by atoms with Gasteiger partial charge >= 0.3 is 0 Å². The highest BCUT2D eigenvalue weighted by Gasteiger charge is 2.24. The van der Waals surface area contributed by atoms with Crippen molar-refractivity contribution in [2.24, 2.45) is 0 Å². The van der Waals surface area contributed by atoms with Gasteiger partial charge in [-0.3, -0.25) is 4.79 Å². The van der Waals surface area contributed by atoms with Crippen LogP contribution < -0.4 is 5.32 Å². The molecule has 0 radical (unpaired) electrons. The second-order valence-electron chi connectivity index (χ2n) is 6.57. The van der Waals surface area contributed by atoms with Gasteiger partial charge in [0.05, 0.1) is 11.4 Å². The molecule has 1 fully saturated rings. The third-order valence-corrected chi connectivity index (χ3v) is 5.53. The number of benzene rings is 1. The van der Waals surface area contributed by atoms with Crippen molar-refractivity contribution < 1.29 is 9.21 Å². The van der Waals surface area contributed by atoms with Gasteiger partial charge < -0.3 is 14.6 Å². The predicted molar refractivity (Wildman–Crippen MR) is 113 cm³/mol. The van der Waals surface area contributed by atoms with Gasteiger partial charge in [0.2, 0.25) is 11.8 Å². The SMILES string of the molecule is CCCN(C(=O)CSCc1coc(-c2ccccc2)n1)C1CCNCC1.Cl. The lowest BCUT2D eigenvalue weighted by molar-refractivity contribution is -0.131. The van der Waals surface area contributed by atoms with Gasteiger partial charge in [0.1, 0.15) is 6.26 Å². The summed E-state index contributed by atoms with van der Waals surface area (Å²) in [5.74, 6) is 2.07. The van der Waals surface area contributed by atoms with Gasteiger partial charge in [0.25, 0.3) is 0 Å². The van der Waals surface area contributed by atoms with E-state index in [1.165, 1.54) is 0 Å². The van der Waals surface area contributed by atoms with E-state index in [9.17, 15) is 4.79 Å². The molecule has 5 nitrogen and oxygen atoms in total. The second-order valence-corrected chi connectivity index (χ2v) is 7.56. The summed E-state index contributed by atoms with van der Waals surface area (Å²) in [4.78, 5) is 19.3. The molecule has 148 valence electrons. The summed E-state index contributed by atoms with van der Waals surface area (Å²) >= 11 is 1.61. The van der Waals surface area contributed by atoms with Crippen LogP contribution in [0.3, 0.4) is 0 Å². The Morgan fingerprint density at radius 2 is 2.04 bits per heavy atom. The molecule has 1 amide bonds. The fourth-order valence-corrected chi connectivity index (χ4v) is 4.07. The van der Waals surface area contributed by atoms with E-state index >= 15 is 0 Å². The summed E-state index contributed by atoms with van der Waals surface area (Å²) in [6, 6.07) is 10.3. The molecule has 3 rings (SSSR count). The zero-order chi connectivity index (χ0) is 18.2. The van der Waals surface area contributed by atoms with Crippen molar-refractivity contribution >= 4 is 30.1 Å². The molecule has 2 heterocycles. The fourth-order valence-electron chi connectivity index (χ4n) is 3.28. The summed E-state index contributed by atoms with van der Waals surface area (Å²) in [6.45, 7) is 5.00. The standard InChI is InChI=1S/C20H27N3O2S.ClH/c1-2-12-23(18-8-10-21-11-9-18)19(24)15-26-14-17-13-25-20(22-17)16-6-4-3-5-7-16;/h3-7,13,18,21H,2,8-12,14-15H2,1H3;1H. The lowest BCUT2D eigenvalue weighted by atomic mass is 10.0. The molecule has 0 saturated carbocycles. The van der Waals surface area contributed by atoms with Crippen molar-refractivity contribution in [3.8, 4) is 11.5 Å². The molecule has 1 aromatic heterocycles. The number of hydrogen-bond acceptors (Lipinski definition) is 5. The average Bonchev–Trinajstić information content (AvgIpc) is 3.16. The number of rotatable bonds is 8. The van der Waals surface area contributed by atoms with Crippen LogP contribution >= 0.6 is 24.2 Å². The van der Waals surface area contributed by atoms with Gasteiger partial charge in [-0.1, -0.05) is 25.1 Å². The van der Waals surface area contributed by atoms with Crippen molar-refractivity contribution in [1.82, 2.24) is 15.2 Å². The Bertz CT molecular complexity index is 690. The molecule has 1 aromatic carbocycles. The minimum atomic E-state index is 0. The predicted octanol–water partition coefficient (Wildman–Crippen LogP) is 3.99. The second kappa shape index (κ2) is 11.4. The first kappa shape index (κ1) is 21.8. The van der Waals surface area contributed by atoms with Crippen LogP contribution in [0.25, 0.3) is 11.5 Å². The Morgan fingerprint density at radius 3 is 2.74 bits per heavy atom. The van der Waals surface area contributed by atoms with Crippen molar-refractivity contribution in [3.05, 3.63) is 42.3 Å². The van der Waals surface area contributed by atoms with Gasteiger partial charge in [-0.05, 0) is 44.5 Å². The van der Waals surface area contributed by atoms with Crippen molar-refractivity contribution in [3.63, 3.8) is 0 Å². The van der Waals surface area contributed by atoms with E-state index in [2.05, 4.69) is 22.1 Å². The van der Waals surface area contributed by atoms with E-state index in [1.807, 2.05) is 30.3 Å². The Balaban J connectivity index is 0.00000261. The maximum absolute atomic E-state index is 12.7. The molecule has 1 aliphatic rings. The normalized spacial score (nSPS) is 14.6. The van der Waals surface area contributed by atoms with Gasteiger partial charge in [0, 0.05) is 23.9 Å². The third kappa shape index (κ3) is 6.26. The minimum absolute atomic E-state index is 0. The minimum Gasteiger partial charge on any atom is -0.444 e. The number of thioether (sulfide) groups is 1. The summed E-state index contributed by atoms with van der Waals surface area (Å²) in [6.07, 6.45) is 4.81. The molecular weight excluding hydrogens is 382 g/mol. The molecule has 0 spiro atoms. The zero-order valence-corrected chi connectivity index (χ0v) is 17.4. The number of carbonyl (C=O) groups is 1. The van der Waals surface area contributed by atoms with Crippen LogP contribution in [0.5, 0.6) is 0 Å². The van der Waals surface area contributed by atoms with Crippen molar-refractivity contribution in [2.45, 2.75) is 38.0 Å². The van der Waals surface area contributed by atoms with Gasteiger partial charge in [-0.15, -0.1) is 24.2 Å². The summed E-state index contributed by atoms with van der Waals surface area (Å²) < 4.78 is 5.56. The molecular formula is C20H28ClN3O2S. The quantitative estimate of drug-likeness (QED) is 0.714. The number of carbonyl (C=O) groups excluding carboxylic acids is 1. The third-order valence-electron chi connectivity index (χ3n) is 4.58. The summed E-state index contributed by atoms with van der Waals surface area (Å²) in [7, 11) is 0. The monoisotopic (exact) mass is 409 g/mol. The number of nitrogens with one attached hydrogen (secondary N) is 1.